The van der Waals surface area contributed by atoms with Crippen molar-refractivity contribution in [3.8, 4) is 0 Å². The number of rotatable bonds is 4. The van der Waals surface area contributed by atoms with Crippen molar-refractivity contribution in [1.29, 1.82) is 0 Å². The first-order chi connectivity index (χ1) is 8.69. The van der Waals surface area contributed by atoms with E-state index in [1.165, 1.54) is 18.4 Å². The Bertz CT molecular complexity index is 361. The Morgan fingerprint density at radius 3 is 2.56 bits per heavy atom. The second kappa shape index (κ2) is 5.85. The molecule has 100 valence electrons. The van der Waals surface area contributed by atoms with Crippen molar-refractivity contribution in [3.63, 3.8) is 0 Å². The molecule has 2 nitrogen and oxygen atoms in total. The van der Waals surface area contributed by atoms with Crippen LogP contribution in [0.2, 0.25) is 0 Å². The van der Waals surface area contributed by atoms with Crippen LogP contribution in [0.3, 0.4) is 0 Å². The first-order valence-corrected chi connectivity index (χ1v) is 7.13. The van der Waals surface area contributed by atoms with Crippen molar-refractivity contribution >= 4 is 0 Å². The van der Waals surface area contributed by atoms with Crippen molar-refractivity contribution in [3.05, 3.63) is 35.9 Å². The summed E-state index contributed by atoms with van der Waals surface area (Å²) in [5.74, 6) is 0.654. The molecule has 1 aromatic carbocycles. The molecule has 2 unspecified atom stereocenters. The average Bonchev–Trinajstić information content (AvgIpc) is 2.41. The Labute approximate surface area is 111 Å². The number of ether oxygens (including phenoxy) is 1. The molecule has 0 saturated carbocycles. The molecule has 0 radical (unpaired) electrons. The average molecular weight is 247 g/mol. The fraction of sp³-hybridized carbons (Fsp3) is 0.625. The third-order valence-electron chi connectivity index (χ3n) is 4.18. The van der Waals surface area contributed by atoms with Crippen molar-refractivity contribution in [1.82, 2.24) is 5.32 Å². The third-order valence-corrected chi connectivity index (χ3v) is 4.18. The smallest absolute Gasteiger partial charge is 0.103 e. The first-order valence-electron chi connectivity index (χ1n) is 7.13. The molecule has 1 aliphatic heterocycles. The normalized spacial score (nSPS) is 28.6. The Kier molecular flexibility index (Phi) is 4.41. The summed E-state index contributed by atoms with van der Waals surface area (Å²) in [7, 11) is 0. The molecule has 2 rings (SSSR count). The Morgan fingerprint density at radius 2 is 1.94 bits per heavy atom. The monoisotopic (exact) mass is 247 g/mol. The van der Waals surface area contributed by atoms with E-state index in [4.69, 9.17) is 4.74 Å². The summed E-state index contributed by atoms with van der Waals surface area (Å²) >= 11 is 0. The van der Waals surface area contributed by atoms with E-state index in [9.17, 15) is 0 Å². The molecule has 1 heterocycles. The van der Waals surface area contributed by atoms with Gasteiger partial charge < -0.3 is 10.1 Å². The van der Waals surface area contributed by atoms with Gasteiger partial charge in [-0.3, -0.25) is 0 Å². The van der Waals surface area contributed by atoms with Crippen LogP contribution < -0.4 is 5.32 Å². The largest absolute Gasteiger partial charge is 0.364 e. The topological polar surface area (TPSA) is 21.3 Å². The van der Waals surface area contributed by atoms with Crippen LogP contribution in [0.4, 0.5) is 0 Å². The first kappa shape index (κ1) is 13.6. The highest BCUT2D eigenvalue weighted by Gasteiger charge is 2.36. The molecule has 0 aliphatic carbocycles. The molecule has 0 spiro atoms. The highest BCUT2D eigenvalue weighted by molar-refractivity contribution is 5.23. The lowest BCUT2D eigenvalue weighted by atomic mass is 9.89. The van der Waals surface area contributed by atoms with Crippen LogP contribution in [-0.4, -0.2) is 19.2 Å². The van der Waals surface area contributed by atoms with Crippen LogP contribution in [0.1, 0.15) is 39.2 Å². The SMILES string of the molecule is CCC(CC)C1CNCC(C)(c2ccccc2)O1. The molecule has 0 bridgehead atoms. The lowest BCUT2D eigenvalue weighted by Crippen LogP contribution is -2.52. The van der Waals surface area contributed by atoms with Gasteiger partial charge in [0, 0.05) is 13.1 Å². The molecule has 0 aromatic heterocycles. The van der Waals surface area contributed by atoms with Gasteiger partial charge in [0.05, 0.1) is 6.10 Å². The molecule has 18 heavy (non-hydrogen) atoms. The number of morpholine rings is 1. The predicted molar refractivity (Wildman–Crippen MR) is 75.6 cm³/mol. The summed E-state index contributed by atoms with van der Waals surface area (Å²) in [6, 6.07) is 10.6. The fourth-order valence-corrected chi connectivity index (χ4v) is 2.91. The Balaban J connectivity index is 2.15. The van der Waals surface area contributed by atoms with Gasteiger partial charge >= 0.3 is 0 Å². The number of hydrogen-bond acceptors (Lipinski definition) is 2. The van der Waals surface area contributed by atoms with Gasteiger partial charge in [-0.2, -0.15) is 0 Å². The van der Waals surface area contributed by atoms with E-state index < -0.39 is 0 Å². The highest BCUT2D eigenvalue weighted by atomic mass is 16.5. The predicted octanol–water partition coefficient (Wildman–Crippen LogP) is 3.33. The lowest BCUT2D eigenvalue weighted by molar-refractivity contribution is -0.132. The molecule has 1 N–H and O–H groups in total. The van der Waals surface area contributed by atoms with E-state index >= 15 is 0 Å². The summed E-state index contributed by atoms with van der Waals surface area (Å²) in [6.45, 7) is 8.59. The quantitative estimate of drug-likeness (QED) is 0.881. The molecule has 1 saturated heterocycles. The minimum absolute atomic E-state index is 0.188. The van der Waals surface area contributed by atoms with Gasteiger partial charge in [-0.25, -0.2) is 0 Å². The van der Waals surface area contributed by atoms with E-state index in [0.717, 1.165) is 13.1 Å². The van der Waals surface area contributed by atoms with Gasteiger partial charge in [0.2, 0.25) is 0 Å². The molecular weight excluding hydrogens is 222 g/mol. The van der Waals surface area contributed by atoms with E-state index in [2.05, 4.69) is 56.4 Å². The van der Waals surface area contributed by atoms with Crippen LogP contribution in [0.25, 0.3) is 0 Å². The lowest BCUT2D eigenvalue weighted by Gasteiger charge is -2.42. The zero-order valence-electron chi connectivity index (χ0n) is 11.8. The summed E-state index contributed by atoms with van der Waals surface area (Å²) in [5.41, 5.74) is 1.08. The molecule has 0 amide bonds. The van der Waals surface area contributed by atoms with Gasteiger partial charge in [0.25, 0.3) is 0 Å². The van der Waals surface area contributed by atoms with Gasteiger partial charge in [-0.05, 0) is 18.4 Å². The van der Waals surface area contributed by atoms with Crippen molar-refractivity contribution < 1.29 is 4.74 Å². The maximum atomic E-state index is 6.44. The molecule has 2 atom stereocenters. The summed E-state index contributed by atoms with van der Waals surface area (Å²) < 4.78 is 6.44. The molecule has 1 fully saturated rings. The summed E-state index contributed by atoms with van der Waals surface area (Å²) in [6.07, 6.45) is 2.71. The van der Waals surface area contributed by atoms with Crippen LogP contribution in [0.15, 0.2) is 30.3 Å². The molecule has 2 heteroatoms. The maximum absolute atomic E-state index is 6.44. The van der Waals surface area contributed by atoms with E-state index in [0.29, 0.717) is 12.0 Å². The summed E-state index contributed by atoms with van der Waals surface area (Å²) in [4.78, 5) is 0. The van der Waals surface area contributed by atoms with E-state index in [1.807, 2.05) is 0 Å². The second-order valence-corrected chi connectivity index (χ2v) is 5.46. The van der Waals surface area contributed by atoms with Crippen molar-refractivity contribution in [2.45, 2.75) is 45.3 Å². The van der Waals surface area contributed by atoms with Crippen molar-refractivity contribution in [2.75, 3.05) is 13.1 Å². The second-order valence-electron chi connectivity index (χ2n) is 5.46. The fourth-order valence-electron chi connectivity index (χ4n) is 2.91. The number of benzene rings is 1. The zero-order valence-corrected chi connectivity index (χ0v) is 11.8. The van der Waals surface area contributed by atoms with Gasteiger partial charge in [-0.15, -0.1) is 0 Å². The van der Waals surface area contributed by atoms with Gasteiger partial charge in [0.1, 0.15) is 5.60 Å². The van der Waals surface area contributed by atoms with Gasteiger partial charge in [0.15, 0.2) is 0 Å². The Morgan fingerprint density at radius 1 is 1.28 bits per heavy atom. The number of hydrogen-bond donors (Lipinski definition) is 1. The zero-order chi connectivity index (χ0) is 13.0. The highest BCUT2D eigenvalue weighted by Crippen LogP contribution is 2.32. The van der Waals surface area contributed by atoms with Crippen LogP contribution in [0.5, 0.6) is 0 Å². The minimum Gasteiger partial charge on any atom is -0.364 e. The molecular formula is C16H25NO. The minimum atomic E-state index is -0.188. The standard InChI is InChI=1S/C16H25NO/c1-4-13(5-2)15-11-17-12-16(3,18-15)14-9-7-6-8-10-14/h6-10,13,15,17H,4-5,11-12H2,1-3H3. The maximum Gasteiger partial charge on any atom is 0.103 e. The van der Waals surface area contributed by atoms with Crippen LogP contribution >= 0.6 is 0 Å². The van der Waals surface area contributed by atoms with Gasteiger partial charge in [-0.1, -0.05) is 57.0 Å². The van der Waals surface area contributed by atoms with E-state index in [1.54, 1.807) is 0 Å². The van der Waals surface area contributed by atoms with E-state index in [-0.39, 0.29) is 5.60 Å². The number of nitrogens with one attached hydrogen (secondary N) is 1. The summed E-state index contributed by atoms with van der Waals surface area (Å²) in [5, 5.41) is 3.55. The van der Waals surface area contributed by atoms with Crippen LogP contribution in [-0.2, 0) is 10.3 Å². The van der Waals surface area contributed by atoms with Crippen molar-refractivity contribution in [2.24, 2.45) is 5.92 Å². The molecule has 1 aliphatic rings. The molecule has 1 aromatic rings. The third kappa shape index (κ3) is 2.76. The van der Waals surface area contributed by atoms with Crippen LogP contribution in [0, 0.1) is 5.92 Å². The Hall–Kier alpha value is -0.860.